The van der Waals surface area contributed by atoms with Gasteiger partial charge in [-0.15, -0.1) is 0 Å². The van der Waals surface area contributed by atoms with Crippen LogP contribution < -0.4 is 4.74 Å². The number of hydrogen-bond donors (Lipinski definition) is 2. The van der Waals surface area contributed by atoms with Crippen molar-refractivity contribution < 1.29 is 14.6 Å². The number of benzene rings is 1. The van der Waals surface area contributed by atoms with Crippen LogP contribution in [0.25, 0.3) is 0 Å². The topological polar surface area (TPSA) is 78.5 Å². The first-order chi connectivity index (χ1) is 13.6. The molecule has 158 valence electrons. The van der Waals surface area contributed by atoms with E-state index in [9.17, 15) is 9.90 Å². The summed E-state index contributed by atoms with van der Waals surface area (Å²) in [5.74, 6) is 0.921. The van der Waals surface area contributed by atoms with Crippen LogP contribution in [0.1, 0.15) is 56.1 Å². The maximum atomic E-state index is 13.3. The van der Waals surface area contributed by atoms with E-state index in [4.69, 9.17) is 4.74 Å². The first kappa shape index (κ1) is 21.4. The summed E-state index contributed by atoms with van der Waals surface area (Å²) < 4.78 is 6.25. The molecule has 29 heavy (non-hydrogen) atoms. The number of likely N-dealkylation sites (tertiary alicyclic amines) is 1. The lowest BCUT2D eigenvalue weighted by Gasteiger charge is -2.31. The lowest BCUT2D eigenvalue weighted by atomic mass is 9.99. The van der Waals surface area contributed by atoms with Crippen molar-refractivity contribution >= 4 is 5.91 Å². The molecule has 1 aromatic heterocycles. The minimum atomic E-state index is -1.02. The minimum Gasteiger partial charge on any atom is -0.478 e. The highest BCUT2D eigenvalue weighted by Crippen LogP contribution is 2.32. The zero-order valence-electron chi connectivity index (χ0n) is 18.3. The van der Waals surface area contributed by atoms with Crippen LogP contribution in [-0.4, -0.2) is 50.9 Å². The number of nitrogens with one attached hydrogen (secondary N) is 1. The predicted octanol–water partition coefficient (Wildman–Crippen LogP) is 3.37. The van der Waals surface area contributed by atoms with Gasteiger partial charge in [-0.1, -0.05) is 26.0 Å². The highest BCUT2D eigenvalue weighted by molar-refractivity contribution is 5.85. The number of aromatic nitrogens is 2. The lowest BCUT2D eigenvalue weighted by molar-refractivity contribution is -0.144. The molecule has 2 atom stereocenters. The van der Waals surface area contributed by atoms with E-state index in [-0.39, 0.29) is 11.8 Å². The quantitative estimate of drug-likeness (QED) is 0.781. The third kappa shape index (κ3) is 4.81. The van der Waals surface area contributed by atoms with Gasteiger partial charge in [-0.2, -0.15) is 5.10 Å². The van der Waals surface area contributed by atoms with E-state index in [0.717, 1.165) is 28.3 Å². The molecule has 1 fully saturated rings. The number of aliphatic hydroxyl groups excluding tert-OH is 1. The molecule has 2 aromatic rings. The van der Waals surface area contributed by atoms with Crippen LogP contribution in [0.2, 0.25) is 0 Å². The average Bonchev–Trinajstić information content (AvgIpc) is 3.19. The van der Waals surface area contributed by atoms with E-state index in [1.165, 1.54) is 0 Å². The number of carbonyl (C=O) groups excluding carboxylic acids is 1. The second-order valence-corrected chi connectivity index (χ2v) is 9.09. The molecule has 2 N–H and O–H groups in total. The van der Waals surface area contributed by atoms with Crippen LogP contribution in [0.3, 0.4) is 0 Å². The van der Waals surface area contributed by atoms with E-state index < -0.39 is 11.7 Å². The Bertz CT molecular complexity index is 872. The maximum absolute atomic E-state index is 13.3. The second-order valence-electron chi connectivity index (χ2n) is 9.09. The van der Waals surface area contributed by atoms with Gasteiger partial charge in [-0.05, 0) is 63.3 Å². The fourth-order valence-corrected chi connectivity index (χ4v) is 3.97. The van der Waals surface area contributed by atoms with Gasteiger partial charge in [-0.3, -0.25) is 9.89 Å². The molecule has 6 nitrogen and oxygen atoms in total. The van der Waals surface area contributed by atoms with Crippen LogP contribution in [0.4, 0.5) is 0 Å². The summed E-state index contributed by atoms with van der Waals surface area (Å²) in [6, 6.07) is 8.11. The molecule has 2 heterocycles. The normalized spacial score (nSPS) is 19.8. The molecular weight excluding hydrogens is 366 g/mol. The molecule has 0 spiro atoms. The van der Waals surface area contributed by atoms with Gasteiger partial charge in [0.15, 0.2) is 5.60 Å². The Balaban J connectivity index is 1.71. The Morgan fingerprint density at radius 2 is 2.03 bits per heavy atom. The van der Waals surface area contributed by atoms with Crippen LogP contribution in [-0.2, 0) is 11.2 Å². The van der Waals surface area contributed by atoms with Gasteiger partial charge in [0.1, 0.15) is 5.75 Å². The van der Waals surface area contributed by atoms with Gasteiger partial charge < -0.3 is 14.7 Å². The van der Waals surface area contributed by atoms with Crippen molar-refractivity contribution in [1.82, 2.24) is 15.1 Å². The summed E-state index contributed by atoms with van der Waals surface area (Å²) in [6.45, 7) is 12.6. The Labute approximate surface area is 173 Å². The molecule has 1 saturated heterocycles. The Morgan fingerprint density at radius 3 is 2.66 bits per heavy atom. The fraction of sp³-hybridized carbons (Fsp3) is 0.565. The highest BCUT2D eigenvalue weighted by Gasteiger charge is 2.41. The molecule has 0 aliphatic carbocycles. The molecule has 0 unspecified atom stereocenters. The Hall–Kier alpha value is -2.34. The largest absolute Gasteiger partial charge is 0.478 e. The number of H-pyrrole nitrogens is 1. The lowest BCUT2D eigenvalue weighted by Crippen LogP contribution is -2.48. The monoisotopic (exact) mass is 399 g/mol. The molecule has 1 aliphatic heterocycles. The van der Waals surface area contributed by atoms with Crippen molar-refractivity contribution in [2.45, 2.75) is 65.6 Å². The number of aryl methyl sites for hydroxylation is 2. The van der Waals surface area contributed by atoms with Gasteiger partial charge in [0.2, 0.25) is 0 Å². The van der Waals surface area contributed by atoms with Gasteiger partial charge in [0.25, 0.3) is 5.91 Å². The fourth-order valence-electron chi connectivity index (χ4n) is 3.97. The maximum Gasteiger partial charge on any atom is 0.266 e. The molecule has 1 aliphatic rings. The summed E-state index contributed by atoms with van der Waals surface area (Å²) >= 11 is 0. The van der Waals surface area contributed by atoms with Gasteiger partial charge in [0.05, 0.1) is 11.8 Å². The number of amides is 1. The van der Waals surface area contributed by atoms with E-state index >= 15 is 0 Å². The molecule has 0 radical (unpaired) electrons. The van der Waals surface area contributed by atoms with Crippen molar-refractivity contribution in [3.63, 3.8) is 0 Å². The minimum absolute atomic E-state index is 0.0253. The van der Waals surface area contributed by atoms with Crippen molar-refractivity contribution in [3.8, 4) is 5.75 Å². The summed E-state index contributed by atoms with van der Waals surface area (Å²) in [4.78, 5) is 15.0. The molecule has 1 aromatic carbocycles. The zero-order valence-corrected chi connectivity index (χ0v) is 18.3. The van der Waals surface area contributed by atoms with Crippen molar-refractivity contribution in [2.24, 2.45) is 5.92 Å². The predicted molar refractivity (Wildman–Crippen MR) is 113 cm³/mol. The SMILES string of the molecule is Cc1ccc(C(C)C)c(OC(C)(C)C(=O)N2C[C@@H](Cc3cc(C)[nH]n3)[C@@H](O)C2)c1. The Kier molecular flexibility index (Phi) is 6.03. The number of aliphatic hydroxyl groups is 1. The smallest absolute Gasteiger partial charge is 0.266 e. The third-order valence-electron chi connectivity index (χ3n) is 5.60. The number of aromatic amines is 1. The average molecular weight is 400 g/mol. The number of hydrogen-bond acceptors (Lipinski definition) is 4. The van der Waals surface area contributed by atoms with Crippen LogP contribution in [0, 0.1) is 19.8 Å². The number of rotatable bonds is 6. The zero-order chi connectivity index (χ0) is 21.3. The van der Waals surface area contributed by atoms with Crippen LogP contribution >= 0.6 is 0 Å². The molecule has 3 rings (SSSR count). The van der Waals surface area contributed by atoms with Gasteiger partial charge in [-0.25, -0.2) is 0 Å². The van der Waals surface area contributed by atoms with Crippen LogP contribution in [0.15, 0.2) is 24.3 Å². The summed E-state index contributed by atoms with van der Waals surface area (Å²) in [5, 5.41) is 17.7. The van der Waals surface area contributed by atoms with Gasteiger partial charge in [0, 0.05) is 24.7 Å². The van der Waals surface area contributed by atoms with Crippen molar-refractivity contribution in [3.05, 3.63) is 46.8 Å². The number of carbonyl (C=O) groups is 1. The molecule has 0 saturated carbocycles. The number of nitrogens with zero attached hydrogens (tertiary/aromatic N) is 2. The summed E-state index contributed by atoms with van der Waals surface area (Å²) in [5.41, 5.74) is 3.07. The first-order valence-corrected chi connectivity index (χ1v) is 10.3. The second kappa shape index (κ2) is 8.19. The highest BCUT2D eigenvalue weighted by atomic mass is 16.5. The van der Waals surface area contributed by atoms with Crippen molar-refractivity contribution in [2.75, 3.05) is 13.1 Å². The first-order valence-electron chi connectivity index (χ1n) is 10.3. The number of ether oxygens (including phenoxy) is 1. The Morgan fingerprint density at radius 1 is 1.31 bits per heavy atom. The van der Waals surface area contributed by atoms with E-state index in [1.807, 2.05) is 26.0 Å². The van der Waals surface area contributed by atoms with Crippen LogP contribution in [0.5, 0.6) is 5.75 Å². The van der Waals surface area contributed by atoms with E-state index in [1.54, 1.807) is 18.7 Å². The number of β-amino-alcohol motifs (C(OH)–C–C–N with tert-alkyl or cyclic N) is 1. The molecule has 1 amide bonds. The summed E-state index contributed by atoms with van der Waals surface area (Å²) in [6.07, 6.45) is 0.0864. The third-order valence-corrected chi connectivity index (χ3v) is 5.60. The molecular formula is C23H33N3O3. The summed E-state index contributed by atoms with van der Waals surface area (Å²) in [7, 11) is 0. The van der Waals surface area contributed by atoms with Crippen molar-refractivity contribution in [1.29, 1.82) is 0 Å². The van der Waals surface area contributed by atoms with Gasteiger partial charge >= 0.3 is 0 Å². The molecule has 0 bridgehead atoms. The standard InChI is InChI=1S/C23H33N3O3/c1-14(2)19-8-7-15(3)9-21(19)29-23(5,6)22(28)26-12-17(20(27)13-26)11-18-10-16(4)24-25-18/h7-10,14,17,20,27H,11-13H2,1-6H3,(H,24,25)/t17-,20+/m1/s1. The van der Waals surface area contributed by atoms with E-state index in [2.05, 4.69) is 36.2 Å². The van der Waals surface area contributed by atoms with E-state index in [0.29, 0.717) is 25.4 Å². The molecule has 6 heteroatoms.